The average molecular weight is 331 g/mol. The Morgan fingerprint density at radius 2 is 2.00 bits per heavy atom. The Kier molecular flexibility index (Phi) is 4.39. The second kappa shape index (κ2) is 6.34. The molecule has 6 heteroatoms. The van der Waals surface area contributed by atoms with E-state index in [-0.39, 0.29) is 6.09 Å². The molecule has 1 aromatic heterocycles. The van der Waals surface area contributed by atoms with Gasteiger partial charge in [-0.3, -0.25) is 0 Å². The molecule has 2 aromatic rings. The summed E-state index contributed by atoms with van der Waals surface area (Å²) >= 11 is 0. The number of nitrogens with one attached hydrogen (secondary N) is 1. The van der Waals surface area contributed by atoms with Gasteiger partial charge in [-0.25, -0.2) is 9.78 Å². The predicted molar refractivity (Wildman–Crippen MR) is 92.4 cm³/mol. The Hall–Kier alpha value is -2.24. The average Bonchev–Trinajstić information content (AvgIpc) is 2.96. The van der Waals surface area contributed by atoms with Crippen molar-refractivity contribution in [3.63, 3.8) is 0 Å². The van der Waals surface area contributed by atoms with Gasteiger partial charge >= 0.3 is 6.09 Å². The molecule has 0 radical (unpaired) electrons. The SMILES string of the molecule is COc1ccc2nc(C3CCN(C(=O)OC(C)(C)C)CC3)[nH]c2c1. The number of fused-ring (bicyclic) bond motifs is 1. The van der Waals surface area contributed by atoms with E-state index in [2.05, 4.69) is 4.98 Å². The zero-order chi connectivity index (χ0) is 17.3. The molecule has 0 unspecified atom stereocenters. The molecule has 1 amide bonds. The van der Waals surface area contributed by atoms with E-state index in [4.69, 9.17) is 14.5 Å². The maximum absolute atomic E-state index is 12.1. The molecule has 1 aromatic carbocycles. The molecule has 2 heterocycles. The highest BCUT2D eigenvalue weighted by Crippen LogP contribution is 2.29. The molecule has 1 fully saturated rings. The Bertz CT molecular complexity index is 725. The lowest BCUT2D eigenvalue weighted by molar-refractivity contribution is 0.0203. The fourth-order valence-electron chi connectivity index (χ4n) is 2.99. The summed E-state index contributed by atoms with van der Waals surface area (Å²) in [6, 6.07) is 5.84. The number of hydrogen-bond acceptors (Lipinski definition) is 4. The van der Waals surface area contributed by atoms with Crippen LogP contribution in [0.25, 0.3) is 11.0 Å². The highest BCUT2D eigenvalue weighted by molar-refractivity contribution is 5.77. The number of methoxy groups -OCH3 is 1. The van der Waals surface area contributed by atoms with Crippen LogP contribution in [-0.2, 0) is 4.74 Å². The van der Waals surface area contributed by atoms with Gasteiger partial charge in [-0.15, -0.1) is 0 Å². The molecule has 6 nitrogen and oxygen atoms in total. The Morgan fingerprint density at radius 3 is 2.62 bits per heavy atom. The molecule has 1 aliphatic rings. The molecule has 24 heavy (non-hydrogen) atoms. The first-order chi connectivity index (χ1) is 11.4. The number of hydrogen-bond donors (Lipinski definition) is 1. The van der Waals surface area contributed by atoms with Crippen molar-refractivity contribution in [2.75, 3.05) is 20.2 Å². The zero-order valence-corrected chi connectivity index (χ0v) is 14.8. The monoisotopic (exact) mass is 331 g/mol. The van der Waals surface area contributed by atoms with Gasteiger partial charge in [0.15, 0.2) is 0 Å². The van der Waals surface area contributed by atoms with Crippen molar-refractivity contribution in [3.8, 4) is 5.75 Å². The smallest absolute Gasteiger partial charge is 0.410 e. The van der Waals surface area contributed by atoms with Crippen LogP contribution < -0.4 is 4.74 Å². The highest BCUT2D eigenvalue weighted by atomic mass is 16.6. The van der Waals surface area contributed by atoms with Crippen LogP contribution in [0.3, 0.4) is 0 Å². The summed E-state index contributed by atoms with van der Waals surface area (Å²) in [5.41, 5.74) is 1.48. The maximum atomic E-state index is 12.1. The molecule has 0 spiro atoms. The van der Waals surface area contributed by atoms with E-state index in [1.54, 1.807) is 12.0 Å². The van der Waals surface area contributed by atoms with Crippen LogP contribution in [0.5, 0.6) is 5.75 Å². The first-order valence-corrected chi connectivity index (χ1v) is 8.37. The summed E-state index contributed by atoms with van der Waals surface area (Å²) in [6.07, 6.45) is 1.54. The Labute approximate surface area is 142 Å². The molecule has 1 saturated heterocycles. The quantitative estimate of drug-likeness (QED) is 0.911. The van der Waals surface area contributed by atoms with Crippen LogP contribution in [0.15, 0.2) is 18.2 Å². The fraction of sp³-hybridized carbons (Fsp3) is 0.556. The van der Waals surface area contributed by atoms with E-state index in [0.717, 1.165) is 35.4 Å². The molecule has 0 bridgehead atoms. The number of nitrogens with zero attached hydrogens (tertiary/aromatic N) is 2. The molecule has 3 rings (SSSR count). The summed E-state index contributed by atoms with van der Waals surface area (Å²) < 4.78 is 10.7. The molecule has 0 atom stereocenters. The predicted octanol–water partition coefficient (Wildman–Crippen LogP) is 3.69. The summed E-state index contributed by atoms with van der Waals surface area (Å²) in [7, 11) is 1.66. The number of rotatable bonds is 2. The van der Waals surface area contributed by atoms with Gasteiger partial charge in [0.2, 0.25) is 0 Å². The normalized spacial score (nSPS) is 16.4. The molecular weight excluding hydrogens is 306 g/mol. The van der Waals surface area contributed by atoms with E-state index in [1.165, 1.54) is 0 Å². The van der Waals surface area contributed by atoms with E-state index in [0.29, 0.717) is 19.0 Å². The van der Waals surface area contributed by atoms with Crippen molar-refractivity contribution < 1.29 is 14.3 Å². The number of aromatic nitrogens is 2. The number of H-pyrrole nitrogens is 1. The summed E-state index contributed by atoms with van der Waals surface area (Å²) in [6.45, 7) is 7.06. The van der Waals surface area contributed by atoms with Crippen LogP contribution in [0.4, 0.5) is 4.79 Å². The van der Waals surface area contributed by atoms with Crippen molar-refractivity contribution in [2.24, 2.45) is 0 Å². The van der Waals surface area contributed by atoms with Crippen molar-refractivity contribution in [1.82, 2.24) is 14.9 Å². The summed E-state index contributed by atoms with van der Waals surface area (Å²) in [5, 5.41) is 0. The van der Waals surface area contributed by atoms with Crippen LogP contribution in [-0.4, -0.2) is 46.8 Å². The van der Waals surface area contributed by atoms with Gasteiger partial charge in [0.25, 0.3) is 0 Å². The van der Waals surface area contributed by atoms with E-state index in [1.807, 2.05) is 39.0 Å². The minimum Gasteiger partial charge on any atom is -0.497 e. The topological polar surface area (TPSA) is 67.4 Å². The lowest BCUT2D eigenvalue weighted by atomic mass is 9.96. The van der Waals surface area contributed by atoms with Crippen molar-refractivity contribution in [3.05, 3.63) is 24.0 Å². The molecule has 0 saturated carbocycles. The van der Waals surface area contributed by atoms with Crippen LogP contribution >= 0.6 is 0 Å². The van der Waals surface area contributed by atoms with Gasteiger partial charge in [0.05, 0.1) is 18.1 Å². The van der Waals surface area contributed by atoms with Gasteiger partial charge in [-0.2, -0.15) is 0 Å². The summed E-state index contributed by atoms with van der Waals surface area (Å²) in [5.74, 6) is 2.14. The van der Waals surface area contributed by atoms with Gasteiger partial charge in [-0.05, 0) is 45.7 Å². The third-order valence-corrected chi connectivity index (χ3v) is 4.24. The Balaban J connectivity index is 1.65. The number of ether oxygens (including phenoxy) is 2. The lowest BCUT2D eigenvalue weighted by Crippen LogP contribution is -2.41. The first-order valence-electron chi connectivity index (χ1n) is 8.37. The second-order valence-electron chi connectivity index (χ2n) is 7.25. The Morgan fingerprint density at radius 1 is 1.29 bits per heavy atom. The largest absolute Gasteiger partial charge is 0.497 e. The third-order valence-electron chi connectivity index (χ3n) is 4.24. The van der Waals surface area contributed by atoms with Gasteiger partial charge in [-0.1, -0.05) is 0 Å². The van der Waals surface area contributed by atoms with Crippen molar-refractivity contribution >= 4 is 17.1 Å². The third kappa shape index (κ3) is 3.63. The van der Waals surface area contributed by atoms with Crippen molar-refractivity contribution in [1.29, 1.82) is 0 Å². The standard InChI is InChI=1S/C18H25N3O3/c1-18(2,3)24-17(22)21-9-7-12(8-10-21)16-19-14-6-5-13(23-4)11-15(14)20-16/h5-6,11-12H,7-10H2,1-4H3,(H,19,20). The number of aromatic amines is 1. The summed E-state index contributed by atoms with van der Waals surface area (Å²) in [4.78, 5) is 22.0. The molecular formula is C18H25N3O3. The minimum absolute atomic E-state index is 0.227. The molecule has 130 valence electrons. The number of carbonyl (C=O) groups excluding carboxylic acids is 1. The van der Waals surface area contributed by atoms with Crippen LogP contribution in [0.1, 0.15) is 45.4 Å². The minimum atomic E-state index is -0.453. The van der Waals surface area contributed by atoms with Gasteiger partial charge in [0, 0.05) is 25.1 Å². The van der Waals surface area contributed by atoms with E-state index < -0.39 is 5.60 Å². The van der Waals surface area contributed by atoms with Crippen LogP contribution in [0, 0.1) is 0 Å². The number of likely N-dealkylation sites (tertiary alicyclic amines) is 1. The van der Waals surface area contributed by atoms with Gasteiger partial charge in [0.1, 0.15) is 17.2 Å². The van der Waals surface area contributed by atoms with Crippen molar-refractivity contribution in [2.45, 2.75) is 45.1 Å². The zero-order valence-electron chi connectivity index (χ0n) is 14.8. The van der Waals surface area contributed by atoms with Gasteiger partial charge < -0.3 is 19.4 Å². The molecule has 1 aliphatic heterocycles. The lowest BCUT2D eigenvalue weighted by Gasteiger charge is -2.32. The number of benzene rings is 1. The number of carbonyl (C=O) groups is 1. The van der Waals surface area contributed by atoms with Crippen LogP contribution in [0.2, 0.25) is 0 Å². The maximum Gasteiger partial charge on any atom is 0.410 e. The van der Waals surface area contributed by atoms with E-state index in [9.17, 15) is 4.79 Å². The number of imidazole rings is 1. The molecule has 1 N–H and O–H groups in total. The number of piperidine rings is 1. The fourth-order valence-corrected chi connectivity index (χ4v) is 2.99. The second-order valence-corrected chi connectivity index (χ2v) is 7.25. The highest BCUT2D eigenvalue weighted by Gasteiger charge is 2.28. The number of amides is 1. The van der Waals surface area contributed by atoms with E-state index >= 15 is 0 Å². The first kappa shape index (κ1) is 16.6. The molecule has 0 aliphatic carbocycles.